The Kier molecular flexibility index (Phi) is 3.38. The molecule has 0 saturated carbocycles. The molecule has 0 bridgehead atoms. The van der Waals surface area contributed by atoms with Crippen molar-refractivity contribution in [1.82, 2.24) is 15.2 Å². The van der Waals surface area contributed by atoms with E-state index >= 15 is 0 Å². The molecule has 0 aliphatic rings. The second-order valence-corrected chi connectivity index (χ2v) is 5.62. The molecule has 0 aromatic carbocycles. The molecular weight excluding hydrogens is 240 g/mol. The lowest BCUT2D eigenvalue weighted by atomic mass is 9.92. The zero-order chi connectivity index (χ0) is 14.0. The van der Waals surface area contributed by atoms with Crippen LogP contribution in [0.15, 0.2) is 24.5 Å². The number of nitrogens with one attached hydrogen (secondary N) is 2. The van der Waals surface area contributed by atoms with Gasteiger partial charge in [0.15, 0.2) is 5.82 Å². The number of pyridine rings is 1. The number of H-pyrrole nitrogens is 1. The van der Waals surface area contributed by atoms with Gasteiger partial charge in [0.2, 0.25) is 0 Å². The van der Waals surface area contributed by atoms with Gasteiger partial charge in [0, 0.05) is 29.6 Å². The standard InChI is InChI=1S/C14H18N4O/c1-9-5-10(8-15-7-9)13(19)16-12-6-11(17-18-12)14(2,3)4/h5-8H,1-4H3,(H2,16,17,18,19). The molecule has 0 unspecified atom stereocenters. The number of anilines is 1. The van der Waals surface area contributed by atoms with Gasteiger partial charge in [0.1, 0.15) is 0 Å². The van der Waals surface area contributed by atoms with Crippen molar-refractivity contribution in [3.8, 4) is 0 Å². The van der Waals surface area contributed by atoms with E-state index in [0.29, 0.717) is 11.4 Å². The summed E-state index contributed by atoms with van der Waals surface area (Å²) < 4.78 is 0. The Balaban J connectivity index is 2.13. The van der Waals surface area contributed by atoms with Gasteiger partial charge in [-0.3, -0.25) is 14.9 Å². The molecule has 2 aromatic rings. The summed E-state index contributed by atoms with van der Waals surface area (Å²) in [6, 6.07) is 3.64. The van der Waals surface area contributed by atoms with Crippen LogP contribution in [0.25, 0.3) is 0 Å². The quantitative estimate of drug-likeness (QED) is 0.870. The average Bonchev–Trinajstić information content (AvgIpc) is 2.77. The zero-order valence-electron chi connectivity index (χ0n) is 11.6. The van der Waals surface area contributed by atoms with Crippen LogP contribution >= 0.6 is 0 Å². The van der Waals surface area contributed by atoms with Gasteiger partial charge in [-0.15, -0.1) is 0 Å². The maximum atomic E-state index is 12.0. The SMILES string of the molecule is Cc1cncc(C(=O)Nc2cc(C(C)(C)C)[nH]n2)c1. The minimum Gasteiger partial charge on any atom is -0.305 e. The molecule has 0 atom stereocenters. The van der Waals surface area contributed by atoms with Crippen molar-refractivity contribution < 1.29 is 4.79 Å². The summed E-state index contributed by atoms with van der Waals surface area (Å²) in [6.07, 6.45) is 3.25. The minimum atomic E-state index is -0.205. The second kappa shape index (κ2) is 4.84. The van der Waals surface area contributed by atoms with Crippen molar-refractivity contribution in [3.63, 3.8) is 0 Å². The Morgan fingerprint density at radius 3 is 2.58 bits per heavy atom. The molecule has 2 rings (SSSR count). The van der Waals surface area contributed by atoms with E-state index in [2.05, 4.69) is 41.3 Å². The van der Waals surface area contributed by atoms with Crippen molar-refractivity contribution in [2.24, 2.45) is 0 Å². The third-order valence-corrected chi connectivity index (χ3v) is 2.76. The van der Waals surface area contributed by atoms with E-state index < -0.39 is 0 Å². The van der Waals surface area contributed by atoms with Crippen molar-refractivity contribution >= 4 is 11.7 Å². The van der Waals surface area contributed by atoms with Gasteiger partial charge in [0.05, 0.1) is 5.56 Å². The molecule has 0 fully saturated rings. The molecule has 0 radical (unpaired) electrons. The van der Waals surface area contributed by atoms with E-state index in [1.54, 1.807) is 18.5 Å². The number of aromatic amines is 1. The summed E-state index contributed by atoms with van der Waals surface area (Å²) in [4.78, 5) is 16.0. The molecule has 19 heavy (non-hydrogen) atoms. The smallest absolute Gasteiger partial charge is 0.258 e. The Morgan fingerprint density at radius 2 is 2.00 bits per heavy atom. The number of nitrogens with zero attached hydrogens (tertiary/aromatic N) is 2. The van der Waals surface area contributed by atoms with Crippen LogP contribution in [0.1, 0.15) is 42.4 Å². The number of aryl methyl sites for hydroxylation is 1. The largest absolute Gasteiger partial charge is 0.305 e. The average molecular weight is 258 g/mol. The zero-order valence-corrected chi connectivity index (χ0v) is 11.6. The molecule has 5 nitrogen and oxygen atoms in total. The summed E-state index contributed by atoms with van der Waals surface area (Å²) in [7, 11) is 0. The summed E-state index contributed by atoms with van der Waals surface area (Å²) in [6.45, 7) is 8.14. The van der Waals surface area contributed by atoms with Crippen LogP contribution in [0, 0.1) is 6.92 Å². The molecule has 100 valence electrons. The number of hydrogen-bond donors (Lipinski definition) is 2. The van der Waals surface area contributed by atoms with Gasteiger partial charge in [-0.2, -0.15) is 5.10 Å². The highest BCUT2D eigenvalue weighted by atomic mass is 16.1. The Labute approximate surface area is 112 Å². The van der Waals surface area contributed by atoms with Gasteiger partial charge >= 0.3 is 0 Å². The third-order valence-electron chi connectivity index (χ3n) is 2.76. The number of carbonyl (C=O) groups is 1. The molecule has 0 spiro atoms. The third kappa shape index (κ3) is 3.19. The van der Waals surface area contributed by atoms with Crippen molar-refractivity contribution in [3.05, 3.63) is 41.3 Å². The molecule has 2 aromatic heterocycles. The Morgan fingerprint density at radius 1 is 1.26 bits per heavy atom. The maximum Gasteiger partial charge on any atom is 0.258 e. The number of rotatable bonds is 2. The lowest BCUT2D eigenvalue weighted by molar-refractivity contribution is 0.102. The molecule has 1 amide bonds. The van der Waals surface area contributed by atoms with Crippen molar-refractivity contribution in [1.29, 1.82) is 0 Å². The van der Waals surface area contributed by atoms with Crippen LogP contribution in [0.4, 0.5) is 5.82 Å². The van der Waals surface area contributed by atoms with E-state index in [4.69, 9.17) is 0 Å². The summed E-state index contributed by atoms with van der Waals surface area (Å²) in [5.41, 5.74) is 2.43. The Bertz CT molecular complexity index is 595. The fourth-order valence-corrected chi connectivity index (χ4v) is 1.64. The van der Waals surface area contributed by atoms with Gasteiger partial charge in [0.25, 0.3) is 5.91 Å². The number of carbonyl (C=O) groups excluding carboxylic acids is 1. The molecule has 5 heteroatoms. The molecular formula is C14H18N4O. The highest BCUT2D eigenvalue weighted by Gasteiger charge is 2.17. The highest BCUT2D eigenvalue weighted by molar-refractivity contribution is 6.03. The first-order valence-corrected chi connectivity index (χ1v) is 6.15. The molecule has 0 saturated heterocycles. The first-order valence-electron chi connectivity index (χ1n) is 6.15. The first-order chi connectivity index (χ1) is 8.86. The minimum absolute atomic E-state index is 0.0269. The predicted octanol–water partition coefficient (Wildman–Crippen LogP) is 2.66. The summed E-state index contributed by atoms with van der Waals surface area (Å²) in [5, 5.41) is 9.78. The number of hydrogen-bond acceptors (Lipinski definition) is 3. The van der Waals surface area contributed by atoms with E-state index in [1.807, 2.05) is 13.0 Å². The van der Waals surface area contributed by atoms with Crippen LogP contribution in [0.5, 0.6) is 0 Å². The van der Waals surface area contributed by atoms with Gasteiger partial charge in [-0.1, -0.05) is 20.8 Å². The van der Waals surface area contributed by atoms with Crippen molar-refractivity contribution in [2.45, 2.75) is 33.1 Å². The van der Waals surface area contributed by atoms with Gasteiger partial charge < -0.3 is 5.32 Å². The first kappa shape index (κ1) is 13.3. The van der Waals surface area contributed by atoms with E-state index in [1.165, 1.54) is 0 Å². The lowest BCUT2D eigenvalue weighted by Gasteiger charge is -2.14. The molecule has 2 N–H and O–H groups in total. The fourth-order valence-electron chi connectivity index (χ4n) is 1.64. The van der Waals surface area contributed by atoms with Crippen molar-refractivity contribution in [2.75, 3.05) is 5.32 Å². The van der Waals surface area contributed by atoms with E-state index in [9.17, 15) is 4.79 Å². The van der Waals surface area contributed by atoms with E-state index in [-0.39, 0.29) is 11.3 Å². The van der Waals surface area contributed by atoms with Crippen LogP contribution in [0.3, 0.4) is 0 Å². The highest BCUT2D eigenvalue weighted by Crippen LogP contribution is 2.22. The van der Waals surface area contributed by atoms with Gasteiger partial charge in [-0.05, 0) is 18.6 Å². The summed E-state index contributed by atoms with van der Waals surface area (Å²) in [5.74, 6) is 0.319. The Hall–Kier alpha value is -2.17. The van der Waals surface area contributed by atoms with Gasteiger partial charge in [-0.25, -0.2) is 0 Å². The molecule has 0 aliphatic heterocycles. The number of amides is 1. The lowest BCUT2D eigenvalue weighted by Crippen LogP contribution is -2.13. The second-order valence-electron chi connectivity index (χ2n) is 5.62. The van der Waals surface area contributed by atoms with Crippen LogP contribution in [-0.4, -0.2) is 21.1 Å². The summed E-state index contributed by atoms with van der Waals surface area (Å²) >= 11 is 0. The molecule has 0 aliphatic carbocycles. The van der Waals surface area contributed by atoms with E-state index in [0.717, 1.165) is 11.3 Å². The predicted molar refractivity (Wildman–Crippen MR) is 74.2 cm³/mol. The van der Waals surface area contributed by atoms with Crippen LogP contribution in [0.2, 0.25) is 0 Å². The normalized spacial score (nSPS) is 11.4. The fraction of sp³-hybridized carbons (Fsp3) is 0.357. The number of aromatic nitrogens is 3. The van der Waals surface area contributed by atoms with Crippen LogP contribution in [-0.2, 0) is 5.41 Å². The molecule has 2 heterocycles. The monoisotopic (exact) mass is 258 g/mol. The maximum absolute atomic E-state index is 12.0. The van der Waals surface area contributed by atoms with Crippen LogP contribution < -0.4 is 5.32 Å². The topological polar surface area (TPSA) is 70.7 Å².